The zero-order valence-electron chi connectivity index (χ0n) is 8.50. The van der Waals surface area contributed by atoms with E-state index in [-0.39, 0.29) is 13.7 Å². The zero-order valence-corrected chi connectivity index (χ0v) is 9.54. The Morgan fingerprint density at radius 2 is 1.85 bits per heavy atom. The molecule has 0 aromatic rings. The van der Waals surface area contributed by atoms with Gasteiger partial charge in [-0.3, -0.25) is 0 Å². The van der Waals surface area contributed by atoms with Crippen LogP contribution in [0.1, 0.15) is 19.8 Å². The van der Waals surface area contributed by atoms with E-state index < -0.39 is 0 Å². The topological polar surface area (TPSA) is 0 Å². The van der Waals surface area contributed by atoms with Gasteiger partial charge in [0.1, 0.15) is 0 Å². The van der Waals surface area contributed by atoms with Crippen LogP contribution < -0.4 is 0 Å². The second-order valence-electron chi connectivity index (χ2n) is 2.56. The third-order valence-electron chi connectivity index (χ3n) is 1.32. The molecule has 1 heteroatoms. The minimum absolute atomic E-state index is 0.0702. The Labute approximate surface area is 86.5 Å². The zero-order chi connectivity index (χ0) is 9.94. The van der Waals surface area contributed by atoms with E-state index in [9.17, 15) is 0 Å². The second-order valence-corrected chi connectivity index (χ2v) is 4.80. The van der Waals surface area contributed by atoms with E-state index in [4.69, 9.17) is 0 Å². The van der Waals surface area contributed by atoms with Crippen molar-refractivity contribution in [2.24, 2.45) is 0 Å². The van der Waals surface area contributed by atoms with E-state index in [1.807, 2.05) is 12.2 Å². The molecule has 0 aliphatic heterocycles. The number of rotatable bonds is 6. The third-order valence-corrected chi connectivity index (χ3v) is 2.81. The number of unbranched alkanes of at least 4 members (excludes halogenated alkanes) is 1. The van der Waals surface area contributed by atoms with Gasteiger partial charge in [-0.05, 0) is 0 Å². The molecule has 0 nitrogen and oxygen atoms in total. The Hall–Kier alpha value is -0.534. The Kier molecular flexibility index (Phi) is 9.16. The van der Waals surface area contributed by atoms with Crippen LogP contribution in [-0.4, -0.2) is 0 Å². The average Bonchev–Trinajstić information content (AvgIpc) is 2.14. The maximum absolute atomic E-state index is 3.64. The first-order valence-electron chi connectivity index (χ1n) is 4.41. The first kappa shape index (κ1) is 12.5. The molecule has 0 atom stereocenters. The maximum atomic E-state index is 3.64. The van der Waals surface area contributed by atoms with Crippen LogP contribution in [0.2, 0.25) is 5.86 Å². The van der Waals surface area contributed by atoms with Crippen LogP contribution in [0.25, 0.3) is 0 Å². The van der Waals surface area contributed by atoms with E-state index >= 15 is 0 Å². The quantitative estimate of drug-likeness (QED) is 0.590. The Balaban J connectivity index is 3.70. The van der Waals surface area contributed by atoms with Gasteiger partial charge in [-0.1, -0.05) is 0 Å². The monoisotopic (exact) mass is 222 g/mol. The van der Waals surface area contributed by atoms with E-state index in [0.717, 1.165) is 0 Å². The van der Waals surface area contributed by atoms with Gasteiger partial charge in [-0.2, -0.15) is 0 Å². The summed E-state index contributed by atoms with van der Waals surface area (Å²) in [6.07, 6.45) is 12.7. The Morgan fingerprint density at radius 1 is 1.15 bits per heavy atom. The molecular weight excluding hydrogens is 203 g/mol. The number of hydrogen-bond donors (Lipinski definition) is 0. The van der Waals surface area contributed by atoms with Crippen LogP contribution in [-0.2, 0) is 13.7 Å². The minimum atomic E-state index is -0.0702. The summed E-state index contributed by atoms with van der Waals surface area (Å²) in [4.78, 5) is 0. The average molecular weight is 222 g/mol. The molecule has 0 spiro atoms. The first-order chi connectivity index (χ1) is 6.31. The van der Waals surface area contributed by atoms with Crippen LogP contribution >= 0.6 is 0 Å². The first-order valence-corrected chi connectivity index (χ1v) is 6.65. The molecule has 0 rings (SSSR count). The summed E-state index contributed by atoms with van der Waals surface area (Å²) in [5.74, 6) is 2.22. The van der Waals surface area contributed by atoms with E-state index in [1.54, 1.807) is 0 Å². The molecule has 0 saturated carbocycles. The van der Waals surface area contributed by atoms with Crippen molar-refractivity contribution in [3.05, 3.63) is 47.0 Å². The van der Waals surface area contributed by atoms with Gasteiger partial charge < -0.3 is 0 Å². The van der Waals surface area contributed by atoms with Gasteiger partial charge in [0.05, 0.1) is 0 Å². The van der Waals surface area contributed by atoms with Gasteiger partial charge in [-0.25, -0.2) is 0 Å². The fourth-order valence-corrected chi connectivity index (χ4v) is 1.67. The van der Waals surface area contributed by atoms with Gasteiger partial charge >= 0.3 is 86.3 Å². The molecular formula is C12H19Co. The molecule has 0 aliphatic carbocycles. The number of hydrogen-bond acceptors (Lipinski definition) is 0. The molecule has 0 N–H and O–H groups in total. The fraction of sp³-hybridized carbons (Fsp3) is 0.333. The van der Waals surface area contributed by atoms with Crippen LogP contribution in [0.3, 0.4) is 0 Å². The summed E-state index contributed by atoms with van der Waals surface area (Å²) in [6.45, 7) is 5.83. The number of allylic oxidation sites excluding steroid dienone is 5. The van der Waals surface area contributed by atoms with Crippen molar-refractivity contribution in [2.45, 2.75) is 25.6 Å². The molecule has 76 valence electrons. The van der Waals surface area contributed by atoms with Crippen LogP contribution in [0.15, 0.2) is 47.0 Å². The van der Waals surface area contributed by atoms with Crippen molar-refractivity contribution >= 4 is 0 Å². The second kappa shape index (κ2) is 9.55. The molecule has 0 bridgehead atoms. The summed E-state index contributed by atoms with van der Waals surface area (Å²) < 4.78 is 0. The SMILES string of the molecule is C=CC=[CH][Co]([CH3])[CH]=CC=CCCC. The molecule has 0 amide bonds. The predicted molar refractivity (Wildman–Crippen MR) is 58.4 cm³/mol. The van der Waals surface area contributed by atoms with Crippen molar-refractivity contribution in [1.29, 1.82) is 0 Å². The predicted octanol–water partition coefficient (Wildman–Crippen LogP) is 4.22. The third kappa shape index (κ3) is 9.38. The molecule has 0 saturated heterocycles. The van der Waals surface area contributed by atoms with E-state index in [0.29, 0.717) is 0 Å². The fourth-order valence-electron chi connectivity index (χ4n) is 0.663. The van der Waals surface area contributed by atoms with Crippen molar-refractivity contribution in [3.8, 4) is 0 Å². The molecule has 0 aliphatic rings. The van der Waals surface area contributed by atoms with Gasteiger partial charge in [0.25, 0.3) is 0 Å². The Morgan fingerprint density at radius 3 is 2.46 bits per heavy atom. The van der Waals surface area contributed by atoms with Gasteiger partial charge in [0.2, 0.25) is 0 Å². The molecule has 0 aromatic heterocycles. The summed E-state index contributed by atoms with van der Waals surface area (Å²) in [5, 5.41) is 4.42. The van der Waals surface area contributed by atoms with Gasteiger partial charge in [-0.15, -0.1) is 0 Å². The molecule has 0 unspecified atom stereocenters. The molecule has 13 heavy (non-hydrogen) atoms. The molecule has 0 aromatic carbocycles. The summed E-state index contributed by atoms with van der Waals surface area (Å²) >= 11 is -0.0702. The molecule has 0 heterocycles. The van der Waals surface area contributed by atoms with Gasteiger partial charge in [0.15, 0.2) is 0 Å². The summed E-state index contributed by atoms with van der Waals surface area (Å²) in [6, 6.07) is 0. The van der Waals surface area contributed by atoms with Crippen molar-refractivity contribution in [3.63, 3.8) is 0 Å². The molecule has 0 fully saturated rings. The Bertz CT molecular complexity index is 199. The van der Waals surface area contributed by atoms with Crippen LogP contribution in [0, 0.1) is 0 Å². The van der Waals surface area contributed by atoms with Crippen molar-refractivity contribution < 1.29 is 13.7 Å². The standard InChI is InChI=1S/C7H11.C4H5.CH3.Co/c1-3-5-7-6-4-2;1-3-4-2;;/h1,3,5,7H,4,6H2,2H3;1,3-4H,2H2;1H3;. The summed E-state index contributed by atoms with van der Waals surface area (Å²) in [5.41, 5.74) is 0. The van der Waals surface area contributed by atoms with Crippen LogP contribution in [0.5, 0.6) is 0 Å². The summed E-state index contributed by atoms with van der Waals surface area (Å²) in [7, 11) is 0. The van der Waals surface area contributed by atoms with E-state index in [2.05, 4.69) is 47.6 Å². The van der Waals surface area contributed by atoms with Crippen molar-refractivity contribution in [1.82, 2.24) is 0 Å². The van der Waals surface area contributed by atoms with Gasteiger partial charge in [0, 0.05) is 0 Å². The van der Waals surface area contributed by atoms with Crippen molar-refractivity contribution in [2.75, 3.05) is 0 Å². The molecule has 0 radical (unpaired) electrons. The van der Waals surface area contributed by atoms with E-state index in [1.165, 1.54) is 12.8 Å². The van der Waals surface area contributed by atoms with Crippen LogP contribution in [0.4, 0.5) is 0 Å². The normalized spacial score (nSPS) is 13.2.